The molecule has 17 heavy (non-hydrogen) atoms. The first-order chi connectivity index (χ1) is 8.14. The Hall–Kier alpha value is -0.380. The maximum absolute atomic E-state index is 10.5. The third-order valence-electron chi connectivity index (χ3n) is 3.44. The van der Waals surface area contributed by atoms with E-state index >= 15 is 0 Å². The predicted octanol–water partition coefficient (Wildman–Crippen LogP) is 3.82. The van der Waals surface area contributed by atoms with Crippen LogP contribution in [0.2, 0.25) is 0 Å². The molecule has 1 heterocycles. The van der Waals surface area contributed by atoms with Crippen LogP contribution in [-0.2, 0) is 10.5 Å². The Kier molecular flexibility index (Phi) is 4.23. The molecule has 1 aromatic rings. The first-order valence-corrected chi connectivity index (χ1v) is 7.06. The Balaban J connectivity index is 2.04. The Labute approximate surface area is 111 Å². The van der Waals surface area contributed by atoms with Crippen molar-refractivity contribution >= 4 is 15.9 Å². The summed E-state index contributed by atoms with van der Waals surface area (Å²) < 4.78 is 6.71. The van der Waals surface area contributed by atoms with Crippen molar-refractivity contribution in [2.75, 3.05) is 6.61 Å². The smallest absolute Gasteiger partial charge is 0.192 e. The minimum absolute atomic E-state index is 0.607. The summed E-state index contributed by atoms with van der Waals surface area (Å²) in [7, 11) is 0. The van der Waals surface area contributed by atoms with Gasteiger partial charge in [-0.05, 0) is 30.9 Å². The van der Waals surface area contributed by atoms with Crippen LogP contribution in [0.15, 0.2) is 28.7 Å². The molecular formula is C14H19BrO2. The van der Waals surface area contributed by atoms with Crippen LogP contribution in [0.25, 0.3) is 0 Å². The molecule has 0 bridgehead atoms. The molecule has 1 aliphatic heterocycles. The number of benzene rings is 1. The van der Waals surface area contributed by atoms with Gasteiger partial charge in [0.15, 0.2) is 5.79 Å². The van der Waals surface area contributed by atoms with Gasteiger partial charge in [-0.25, -0.2) is 0 Å². The fourth-order valence-corrected chi connectivity index (χ4v) is 2.65. The minimum Gasteiger partial charge on any atom is -0.362 e. The maximum atomic E-state index is 10.5. The molecule has 1 N–H and O–H groups in total. The molecule has 1 aromatic carbocycles. The summed E-state index contributed by atoms with van der Waals surface area (Å²) in [5, 5.41) is 10.5. The SMILES string of the molecule is CCCC1CCC(O)(c2ccc(Br)cc2)OC1. The highest BCUT2D eigenvalue weighted by Gasteiger charge is 2.35. The van der Waals surface area contributed by atoms with Crippen LogP contribution in [0.1, 0.15) is 38.2 Å². The van der Waals surface area contributed by atoms with E-state index in [4.69, 9.17) is 4.74 Å². The van der Waals surface area contributed by atoms with Gasteiger partial charge in [0.1, 0.15) is 0 Å². The van der Waals surface area contributed by atoms with Gasteiger partial charge in [-0.3, -0.25) is 0 Å². The molecule has 2 unspecified atom stereocenters. The second kappa shape index (κ2) is 5.51. The number of ether oxygens (including phenoxy) is 1. The van der Waals surface area contributed by atoms with Gasteiger partial charge in [-0.15, -0.1) is 0 Å². The fourth-order valence-electron chi connectivity index (χ4n) is 2.38. The van der Waals surface area contributed by atoms with Gasteiger partial charge in [0.25, 0.3) is 0 Å². The van der Waals surface area contributed by atoms with Crippen LogP contribution in [-0.4, -0.2) is 11.7 Å². The van der Waals surface area contributed by atoms with E-state index < -0.39 is 5.79 Å². The molecule has 0 spiro atoms. The monoisotopic (exact) mass is 298 g/mol. The Morgan fingerprint density at radius 1 is 1.41 bits per heavy atom. The van der Waals surface area contributed by atoms with E-state index in [1.165, 1.54) is 12.8 Å². The lowest BCUT2D eigenvalue weighted by Gasteiger charge is -2.36. The molecule has 94 valence electrons. The van der Waals surface area contributed by atoms with E-state index in [2.05, 4.69) is 22.9 Å². The van der Waals surface area contributed by atoms with Gasteiger partial charge in [0.2, 0.25) is 0 Å². The fraction of sp³-hybridized carbons (Fsp3) is 0.571. The van der Waals surface area contributed by atoms with Crippen LogP contribution in [0.3, 0.4) is 0 Å². The van der Waals surface area contributed by atoms with Crippen LogP contribution in [0.5, 0.6) is 0 Å². The maximum Gasteiger partial charge on any atom is 0.192 e. The number of halogens is 1. The van der Waals surface area contributed by atoms with Gasteiger partial charge in [-0.2, -0.15) is 0 Å². The van der Waals surface area contributed by atoms with Crippen molar-refractivity contribution in [1.82, 2.24) is 0 Å². The normalized spacial score (nSPS) is 29.2. The Morgan fingerprint density at radius 2 is 2.12 bits per heavy atom. The summed E-state index contributed by atoms with van der Waals surface area (Å²) >= 11 is 3.39. The minimum atomic E-state index is -1.08. The molecule has 0 aliphatic carbocycles. The highest BCUT2D eigenvalue weighted by molar-refractivity contribution is 9.10. The zero-order chi connectivity index (χ0) is 12.3. The molecule has 0 radical (unpaired) electrons. The quantitative estimate of drug-likeness (QED) is 0.919. The molecule has 1 fully saturated rings. The average molecular weight is 299 g/mol. The lowest BCUT2D eigenvalue weighted by atomic mass is 9.89. The van der Waals surface area contributed by atoms with Gasteiger partial charge in [-0.1, -0.05) is 41.4 Å². The summed E-state index contributed by atoms with van der Waals surface area (Å²) in [4.78, 5) is 0. The lowest BCUT2D eigenvalue weighted by Crippen LogP contribution is -2.36. The van der Waals surface area contributed by atoms with E-state index in [9.17, 15) is 5.11 Å². The van der Waals surface area contributed by atoms with Crippen molar-refractivity contribution in [2.45, 2.75) is 38.4 Å². The predicted molar refractivity (Wildman–Crippen MR) is 71.6 cm³/mol. The first kappa shape index (κ1) is 13.1. The van der Waals surface area contributed by atoms with Crippen molar-refractivity contribution < 1.29 is 9.84 Å². The van der Waals surface area contributed by atoms with E-state index in [0.29, 0.717) is 18.9 Å². The summed E-state index contributed by atoms with van der Waals surface area (Å²) in [6.45, 7) is 2.86. The third-order valence-corrected chi connectivity index (χ3v) is 3.97. The molecule has 0 aromatic heterocycles. The van der Waals surface area contributed by atoms with E-state index in [1.807, 2.05) is 24.3 Å². The number of hydrogen-bond donors (Lipinski definition) is 1. The summed E-state index contributed by atoms with van der Waals surface area (Å²) in [6.07, 6.45) is 4.11. The molecule has 2 atom stereocenters. The molecule has 1 aliphatic rings. The summed E-state index contributed by atoms with van der Waals surface area (Å²) in [6, 6.07) is 7.72. The Bertz CT molecular complexity index is 353. The second-order valence-electron chi connectivity index (χ2n) is 4.80. The van der Waals surface area contributed by atoms with Crippen LogP contribution in [0, 0.1) is 5.92 Å². The van der Waals surface area contributed by atoms with Crippen molar-refractivity contribution in [2.24, 2.45) is 5.92 Å². The Morgan fingerprint density at radius 3 is 2.65 bits per heavy atom. The van der Waals surface area contributed by atoms with Gasteiger partial charge >= 0.3 is 0 Å². The molecule has 3 heteroatoms. The van der Waals surface area contributed by atoms with Crippen molar-refractivity contribution in [3.8, 4) is 0 Å². The highest BCUT2D eigenvalue weighted by Crippen LogP contribution is 2.36. The zero-order valence-corrected chi connectivity index (χ0v) is 11.7. The molecular weight excluding hydrogens is 280 g/mol. The molecule has 2 rings (SSSR count). The largest absolute Gasteiger partial charge is 0.362 e. The first-order valence-electron chi connectivity index (χ1n) is 6.26. The number of rotatable bonds is 3. The number of aliphatic hydroxyl groups is 1. The van der Waals surface area contributed by atoms with Crippen molar-refractivity contribution in [3.05, 3.63) is 34.3 Å². The summed E-state index contributed by atoms with van der Waals surface area (Å²) in [5.41, 5.74) is 0.857. The van der Waals surface area contributed by atoms with Crippen LogP contribution in [0.4, 0.5) is 0 Å². The molecule has 1 saturated heterocycles. The molecule has 2 nitrogen and oxygen atoms in total. The van der Waals surface area contributed by atoms with Crippen LogP contribution < -0.4 is 0 Å². The molecule has 0 amide bonds. The standard InChI is InChI=1S/C14H19BrO2/c1-2-3-11-8-9-14(16,17-10-11)12-4-6-13(15)7-5-12/h4-7,11,16H,2-3,8-10H2,1H3. The zero-order valence-electron chi connectivity index (χ0n) is 10.2. The third kappa shape index (κ3) is 3.09. The lowest BCUT2D eigenvalue weighted by molar-refractivity contribution is -0.245. The van der Waals surface area contributed by atoms with Crippen molar-refractivity contribution in [3.63, 3.8) is 0 Å². The van der Waals surface area contributed by atoms with Crippen LogP contribution >= 0.6 is 15.9 Å². The van der Waals surface area contributed by atoms with E-state index in [-0.39, 0.29) is 0 Å². The topological polar surface area (TPSA) is 29.5 Å². The van der Waals surface area contributed by atoms with E-state index in [0.717, 1.165) is 16.5 Å². The van der Waals surface area contributed by atoms with Gasteiger partial charge in [0.05, 0.1) is 6.61 Å². The molecule has 0 saturated carbocycles. The van der Waals surface area contributed by atoms with Crippen molar-refractivity contribution in [1.29, 1.82) is 0 Å². The van der Waals surface area contributed by atoms with Gasteiger partial charge < -0.3 is 9.84 Å². The van der Waals surface area contributed by atoms with Gasteiger partial charge in [0, 0.05) is 16.5 Å². The van der Waals surface area contributed by atoms with E-state index in [1.54, 1.807) is 0 Å². The number of hydrogen-bond acceptors (Lipinski definition) is 2. The second-order valence-corrected chi connectivity index (χ2v) is 5.71. The summed E-state index contributed by atoms with van der Waals surface area (Å²) in [5.74, 6) is -0.471. The average Bonchev–Trinajstić information content (AvgIpc) is 2.33. The highest BCUT2D eigenvalue weighted by atomic mass is 79.9.